The molecule has 2 saturated heterocycles. The Kier molecular flexibility index (Phi) is 9.88. The number of ether oxygens (including phenoxy) is 2. The molecule has 2 heterocycles. The van der Waals surface area contributed by atoms with Gasteiger partial charge in [0.1, 0.15) is 10.5 Å². The van der Waals surface area contributed by atoms with Crippen LogP contribution in [0.15, 0.2) is 83.8 Å². The van der Waals surface area contributed by atoms with Crippen molar-refractivity contribution in [2.45, 2.75) is 79.8 Å². The maximum absolute atomic E-state index is 14.1. The summed E-state index contributed by atoms with van der Waals surface area (Å²) in [6.45, 7) is 2.74. The largest absolute Gasteiger partial charge is 0.494 e. The second-order valence-electron chi connectivity index (χ2n) is 11.9. The van der Waals surface area contributed by atoms with E-state index in [1.807, 2.05) is 30.3 Å². The zero-order valence-electron chi connectivity index (χ0n) is 24.7. The van der Waals surface area contributed by atoms with Crippen molar-refractivity contribution in [3.63, 3.8) is 0 Å². The molecule has 2 aliphatic heterocycles. The number of hydroxylamine groups is 1. The van der Waals surface area contributed by atoms with Gasteiger partial charge in [-0.05, 0) is 92.3 Å². The number of aryl methyl sites for hydroxylation is 1. The van der Waals surface area contributed by atoms with Crippen LogP contribution in [0.3, 0.4) is 0 Å². The summed E-state index contributed by atoms with van der Waals surface area (Å²) in [4.78, 5) is 22.3. The molecule has 3 aliphatic rings. The van der Waals surface area contributed by atoms with Gasteiger partial charge in [-0.25, -0.2) is 10.3 Å². The van der Waals surface area contributed by atoms with Crippen LogP contribution in [0.4, 0.5) is 0 Å². The summed E-state index contributed by atoms with van der Waals surface area (Å²) < 4.78 is 24.7. The molecule has 228 valence electrons. The predicted molar refractivity (Wildman–Crippen MR) is 168 cm³/mol. The number of hydrogen-bond acceptors (Lipinski definition) is 6. The van der Waals surface area contributed by atoms with Gasteiger partial charge in [0, 0.05) is 37.1 Å². The molecule has 7 nitrogen and oxygen atoms in total. The zero-order valence-corrected chi connectivity index (χ0v) is 25.6. The van der Waals surface area contributed by atoms with Gasteiger partial charge in [-0.3, -0.25) is 9.00 Å². The van der Waals surface area contributed by atoms with Crippen molar-refractivity contribution in [1.82, 2.24) is 10.4 Å². The first-order valence-electron chi connectivity index (χ1n) is 15.7. The molecule has 3 aromatic rings. The molecule has 2 unspecified atom stereocenters. The summed E-state index contributed by atoms with van der Waals surface area (Å²) in [6, 6.07) is 27.1. The third-order valence-corrected chi connectivity index (χ3v) is 10.8. The highest BCUT2D eigenvalue weighted by Gasteiger charge is 2.49. The van der Waals surface area contributed by atoms with Crippen LogP contribution in [0.5, 0.6) is 5.75 Å². The fourth-order valence-electron chi connectivity index (χ4n) is 6.09. The first kappa shape index (κ1) is 30.0. The molecule has 0 bridgehead atoms. The Bertz CT molecular complexity index is 1360. The zero-order chi connectivity index (χ0) is 29.5. The number of amides is 1. The van der Waals surface area contributed by atoms with Gasteiger partial charge in [0.25, 0.3) is 5.91 Å². The van der Waals surface area contributed by atoms with Gasteiger partial charge < -0.3 is 14.4 Å². The van der Waals surface area contributed by atoms with Crippen molar-refractivity contribution in [2.75, 3.05) is 26.3 Å². The van der Waals surface area contributed by atoms with Crippen LogP contribution >= 0.6 is 0 Å². The maximum atomic E-state index is 14.1. The molecule has 1 N–H and O–H groups in total. The lowest BCUT2D eigenvalue weighted by Gasteiger charge is -2.40. The Morgan fingerprint density at radius 3 is 2.42 bits per heavy atom. The summed E-state index contributed by atoms with van der Waals surface area (Å²) in [6.07, 6.45) is 7.60. The molecule has 3 fully saturated rings. The molecule has 8 heteroatoms. The highest BCUT2D eigenvalue weighted by molar-refractivity contribution is 7.87. The molecule has 3 aromatic carbocycles. The smallest absolute Gasteiger partial charge is 0.262 e. The van der Waals surface area contributed by atoms with Crippen LogP contribution in [-0.2, 0) is 31.6 Å². The van der Waals surface area contributed by atoms with Crippen LogP contribution in [-0.4, -0.2) is 58.4 Å². The number of carbonyl (C=O) groups is 1. The predicted octanol–water partition coefficient (Wildman–Crippen LogP) is 6.04. The van der Waals surface area contributed by atoms with Gasteiger partial charge in [-0.1, -0.05) is 54.6 Å². The lowest BCUT2D eigenvalue weighted by atomic mass is 9.94. The minimum absolute atomic E-state index is 0.313. The van der Waals surface area contributed by atoms with E-state index in [0.717, 1.165) is 50.9 Å². The number of likely N-dealkylation sites (tertiary alicyclic amines) is 1. The summed E-state index contributed by atoms with van der Waals surface area (Å²) in [5.74, 6) is 0.422. The topological polar surface area (TPSA) is 77.1 Å². The Balaban J connectivity index is 1.04. The van der Waals surface area contributed by atoms with E-state index in [0.29, 0.717) is 37.0 Å². The van der Waals surface area contributed by atoms with E-state index >= 15 is 0 Å². The molecule has 0 radical (unpaired) electrons. The highest BCUT2D eigenvalue weighted by atomic mass is 32.2. The summed E-state index contributed by atoms with van der Waals surface area (Å²) in [5.41, 5.74) is 6.37. The lowest BCUT2D eigenvalue weighted by Crippen LogP contribution is -2.57. The third-order valence-electron chi connectivity index (χ3n) is 8.81. The molecular formula is C35H42N2O5S. The van der Waals surface area contributed by atoms with E-state index in [1.165, 1.54) is 29.5 Å². The second-order valence-corrected chi connectivity index (χ2v) is 13.7. The Hall–Kier alpha value is -3.04. The van der Waals surface area contributed by atoms with Crippen LogP contribution in [0.25, 0.3) is 11.1 Å². The minimum atomic E-state index is -1.55. The first-order chi connectivity index (χ1) is 21.1. The Morgan fingerprint density at radius 2 is 1.70 bits per heavy atom. The van der Waals surface area contributed by atoms with E-state index in [2.05, 4.69) is 58.9 Å². The van der Waals surface area contributed by atoms with Gasteiger partial charge >= 0.3 is 0 Å². The molecule has 2 atom stereocenters. The standard InChI is InChI=1S/C35H42N2O5S/c38-34(36-42-33-13-4-5-24-41-33)35(20-22-37(23-21-35)30-14-15-30)43(39)32-18-16-31(17-19-32)40-25-7-9-27-8-6-12-29(26-27)28-10-2-1-3-11-28/h1-3,6,8,10-12,16-19,26,30,33H,4-5,7,9,13-15,20-25H2,(H,36,38). The number of nitrogens with one attached hydrogen (secondary N) is 1. The second kappa shape index (κ2) is 14.2. The Labute approximate surface area is 257 Å². The molecule has 1 saturated carbocycles. The summed E-state index contributed by atoms with van der Waals surface area (Å²) in [5, 5.41) is 0. The molecule has 0 spiro atoms. The summed E-state index contributed by atoms with van der Waals surface area (Å²) in [7, 11) is -1.55. The molecule has 6 rings (SSSR count). The molecular weight excluding hydrogens is 560 g/mol. The van der Waals surface area contributed by atoms with Gasteiger partial charge in [0.05, 0.1) is 17.4 Å². The molecule has 1 amide bonds. The average molecular weight is 603 g/mol. The Morgan fingerprint density at radius 1 is 0.930 bits per heavy atom. The quantitative estimate of drug-likeness (QED) is 0.201. The van der Waals surface area contributed by atoms with Crippen LogP contribution in [0.2, 0.25) is 0 Å². The van der Waals surface area contributed by atoms with E-state index in [-0.39, 0.29) is 5.91 Å². The molecule has 0 aromatic heterocycles. The average Bonchev–Trinajstić information content (AvgIpc) is 3.93. The van der Waals surface area contributed by atoms with Crippen molar-refractivity contribution in [3.8, 4) is 16.9 Å². The minimum Gasteiger partial charge on any atom is -0.494 e. The van der Waals surface area contributed by atoms with E-state index < -0.39 is 21.8 Å². The normalized spacial score (nSPS) is 21.2. The molecule has 43 heavy (non-hydrogen) atoms. The monoisotopic (exact) mass is 602 g/mol. The van der Waals surface area contributed by atoms with Crippen molar-refractivity contribution in [2.24, 2.45) is 0 Å². The number of benzene rings is 3. The number of rotatable bonds is 12. The van der Waals surface area contributed by atoms with Crippen molar-refractivity contribution in [3.05, 3.63) is 84.4 Å². The fourth-order valence-corrected chi connectivity index (χ4v) is 7.69. The van der Waals surface area contributed by atoms with Gasteiger partial charge in [-0.15, -0.1) is 0 Å². The van der Waals surface area contributed by atoms with E-state index in [4.69, 9.17) is 14.3 Å². The van der Waals surface area contributed by atoms with Crippen LogP contribution in [0.1, 0.15) is 56.9 Å². The first-order valence-corrected chi connectivity index (χ1v) is 16.9. The van der Waals surface area contributed by atoms with E-state index in [9.17, 15) is 9.00 Å². The van der Waals surface area contributed by atoms with E-state index in [1.54, 1.807) is 0 Å². The number of nitrogens with zero attached hydrogens (tertiary/aromatic N) is 1. The lowest BCUT2D eigenvalue weighted by molar-refractivity contribution is -0.202. The van der Waals surface area contributed by atoms with Gasteiger partial charge in [0.15, 0.2) is 6.29 Å². The third kappa shape index (κ3) is 7.55. The highest BCUT2D eigenvalue weighted by Crippen LogP contribution is 2.38. The van der Waals surface area contributed by atoms with Crippen LogP contribution in [0, 0.1) is 0 Å². The number of carbonyl (C=O) groups excluding carboxylic acids is 1. The van der Waals surface area contributed by atoms with Gasteiger partial charge in [-0.2, -0.15) is 0 Å². The van der Waals surface area contributed by atoms with Crippen molar-refractivity contribution in [1.29, 1.82) is 0 Å². The van der Waals surface area contributed by atoms with Crippen molar-refractivity contribution >= 4 is 16.7 Å². The fraction of sp³-hybridized carbons (Fsp3) is 0.457. The summed E-state index contributed by atoms with van der Waals surface area (Å²) >= 11 is 0. The number of hydrogen-bond donors (Lipinski definition) is 1. The maximum Gasteiger partial charge on any atom is 0.262 e. The SMILES string of the molecule is O=C(NOC1CCCCO1)C1(S(=O)c2ccc(OCCCc3cccc(-c4ccccc4)c3)cc2)CCN(C2CC2)CC1. The number of piperidine rings is 1. The van der Waals surface area contributed by atoms with Gasteiger partial charge in [0.2, 0.25) is 0 Å². The van der Waals surface area contributed by atoms with Crippen molar-refractivity contribution < 1.29 is 23.3 Å². The van der Waals surface area contributed by atoms with Crippen LogP contribution < -0.4 is 10.2 Å². The molecule has 1 aliphatic carbocycles.